The van der Waals surface area contributed by atoms with Gasteiger partial charge in [-0.1, -0.05) is 6.42 Å². The molecule has 144 valence electrons. The van der Waals surface area contributed by atoms with Crippen LogP contribution in [0.3, 0.4) is 0 Å². The summed E-state index contributed by atoms with van der Waals surface area (Å²) < 4.78 is 0. The third kappa shape index (κ3) is 5.79. The monoisotopic (exact) mass is 408 g/mol. The smallest absolute Gasteiger partial charge is 0.273 e. The third-order valence-corrected chi connectivity index (χ3v) is 6.06. The molecule has 8 heteroatoms. The summed E-state index contributed by atoms with van der Waals surface area (Å²) in [5, 5.41) is 2.69. The first kappa shape index (κ1) is 22.6. The SMILES string of the molecule is CC1CCCCN1CC1CCCN(C(=O)c2csc(CN)n2)C1.Cl.Cl. The Morgan fingerprint density at radius 2 is 2.08 bits per heavy atom. The van der Waals surface area contributed by atoms with Gasteiger partial charge >= 0.3 is 0 Å². The van der Waals surface area contributed by atoms with Gasteiger partial charge in [-0.15, -0.1) is 36.2 Å². The number of rotatable bonds is 4. The summed E-state index contributed by atoms with van der Waals surface area (Å²) in [5.74, 6) is 0.679. The van der Waals surface area contributed by atoms with Gasteiger partial charge in [0.1, 0.15) is 10.7 Å². The van der Waals surface area contributed by atoms with E-state index < -0.39 is 0 Å². The van der Waals surface area contributed by atoms with Gasteiger partial charge in [-0.2, -0.15) is 0 Å². The predicted octanol–water partition coefficient (Wildman–Crippen LogP) is 3.17. The van der Waals surface area contributed by atoms with Crippen LogP contribution in [0.1, 0.15) is 54.5 Å². The highest BCUT2D eigenvalue weighted by Crippen LogP contribution is 2.24. The first-order valence-electron chi connectivity index (χ1n) is 8.85. The lowest BCUT2D eigenvalue weighted by atomic mass is 9.94. The Morgan fingerprint density at radius 3 is 2.76 bits per heavy atom. The van der Waals surface area contributed by atoms with Gasteiger partial charge in [-0.25, -0.2) is 4.98 Å². The van der Waals surface area contributed by atoms with E-state index in [2.05, 4.69) is 16.8 Å². The van der Waals surface area contributed by atoms with Crippen LogP contribution in [0, 0.1) is 5.92 Å². The summed E-state index contributed by atoms with van der Waals surface area (Å²) in [7, 11) is 0. The van der Waals surface area contributed by atoms with Crippen molar-refractivity contribution in [3.05, 3.63) is 16.1 Å². The minimum absolute atomic E-state index is 0. The number of nitrogens with zero attached hydrogens (tertiary/aromatic N) is 3. The Labute approximate surface area is 167 Å². The molecule has 1 amide bonds. The van der Waals surface area contributed by atoms with Gasteiger partial charge < -0.3 is 15.5 Å². The number of carbonyl (C=O) groups excluding carboxylic acids is 1. The van der Waals surface area contributed by atoms with Crippen LogP contribution in [0.15, 0.2) is 5.38 Å². The van der Waals surface area contributed by atoms with Crippen LogP contribution in [0.25, 0.3) is 0 Å². The molecule has 0 bridgehead atoms. The summed E-state index contributed by atoms with van der Waals surface area (Å²) in [5.41, 5.74) is 6.17. The normalized spacial score (nSPS) is 24.3. The van der Waals surface area contributed by atoms with Crippen molar-refractivity contribution < 1.29 is 4.79 Å². The lowest BCUT2D eigenvalue weighted by Crippen LogP contribution is -2.46. The van der Waals surface area contributed by atoms with E-state index >= 15 is 0 Å². The van der Waals surface area contributed by atoms with Gasteiger partial charge in [0, 0.05) is 37.6 Å². The lowest BCUT2D eigenvalue weighted by molar-refractivity contribution is 0.0590. The van der Waals surface area contributed by atoms with Crippen LogP contribution in [-0.4, -0.2) is 52.9 Å². The molecular formula is C17H30Cl2N4OS. The Bertz CT molecular complexity index is 542. The zero-order chi connectivity index (χ0) is 16.2. The van der Waals surface area contributed by atoms with Crippen molar-refractivity contribution in [2.45, 2.75) is 51.6 Å². The van der Waals surface area contributed by atoms with Crippen LogP contribution in [-0.2, 0) is 6.54 Å². The third-order valence-electron chi connectivity index (χ3n) is 5.18. The summed E-state index contributed by atoms with van der Waals surface area (Å²) in [6.45, 7) is 6.84. The number of hydrogen-bond acceptors (Lipinski definition) is 5. The molecule has 2 aliphatic rings. The molecule has 1 aromatic heterocycles. The molecule has 0 aromatic carbocycles. The molecule has 0 aliphatic carbocycles. The first-order valence-corrected chi connectivity index (χ1v) is 9.73. The van der Waals surface area contributed by atoms with Crippen molar-refractivity contribution in [3.8, 4) is 0 Å². The quantitative estimate of drug-likeness (QED) is 0.830. The minimum atomic E-state index is 0. The van der Waals surface area contributed by atoms with E-state index in [9.17, 15) is 4.79 Å². The van der Waals surface area contributed by atoms with E-state index in [1.165, 1.54) is 43.6 Å². The maximum atomic E-state index is 12.6. The number of piperidine rings is 2. The van der Waals surface area contributed by atoms with Gasteiger partial charge in [0.2, 0.25) is 0 Å². The zero-order valence-electron chi connectivity index (χ0n) is 14.9. The summed E-state index contributed by atoms with van der Waals surface area (Å²) in [4.78, 5) is 21.6. The van der Waals surface area contributed by atoms with E-state index in [1.54, 1.807) is 0 Å². The summed E-state index contributed by atoms with van der Waals surface area (Å²) >= 11 is 1.48. The number of thiazole rings is 1. The van der Waals surface area contributed by atoms with Crippen molar-refractivity contribution in [1.29, 1.82) is 0 Å². The van der Waals surface area contributed by atoms with Crippen LogP contribution in [0.4, 0.5) is 0 Å². The molecule has 2 saturated heterocycles. The molecule has 2 fully saturated rings. The molecule has 0 saturated carbocycles. The number of likely N-dealkylation sites (tertiary alicyclic amines) is 2. The van der Waals surface area contributed by atoms with Crippen LogP contribution in [0.2, 0.25) is 0 Å². The van der Waals surface area contributed by atoms with Crippen molar-refractivity contribution in [2.75, 3.05) is 26.2 Å². The standard InChI is InChI=1S/C17H28N4OS.2ClH/c1-13-5-2-3-7-20(13)10-14-6-4-8-21(11-14)17(22)15-12-23-16(9-18)19-15;;/h12-14H,2-11,18H2,1H3;2*1H. The molecule has 3 rings (SSSR count). The Balaban J connectivity index is 0.00000156. The van der Waals surface area contributed by atoms with E-state index in [4.69, 9.17) is 5.73 Å². The van der Waals surface area contributed by atoms with Crippen molar-refractivity contribution in [1.82, 2.24) is 14.8 Å². The van der Waals surface area contributed by atoms with Crippen molar-refractivity contribution in [2.24, 2.45) is 11.7 Å². The highest BCUT2D eigenvalue weighted by atomic mass is 35.5. The van der Waals surface area contributed by atoms with Crippen molar-refractivity contribution in [3.63, 3.8) is 0 Å². The highest BCUT2D eigenvalue weighted by Gasteiger charge is 2.28. The zero-order valence-corrected chi connectivity index (χ0v) is 17.3. The summed E-state index contributed by atoms with van der Waals surface area (Å²) in [6, 6.07) is 0.695. The van der Waals surface area contributed by atoms with E-state index in [0.29, 0.717) is 24.2 Å². The van der Waals surface area contributed by atoms with Gasteiger partial charge in [0.25, 0.3) is 5.91 Å². The maximum absolute atomic E-state index is 12.6. The lowest BCUT2D eigenvalue weighted by Gasteiger charge is -2.39. The second-order valence-corrected chi connectivity index (χ2v) is 7.87. The molecule has 25 heavy (non-hydrogen) atoms. The van der Waals surface area contributed by atoms with Gasteiger partial charge in [-0.3, -0.25) is 4.79 Å². The maximum Gasteiger partial charge on any atom is 0.273 e. The van der Waals surface area contributed by atoms with Crippen LogP contribution < -0.4 is 5.73 Å². The molecule has 5 nitrogen and oxygen atoms in total. The first-order chi connectivity index (χ1) is 11.2. The number of halogens is 2. The Hall–Kier alpha value is -0.400. The number of hydrogen-bond donors (Lipinski definition) is 1. The van der Waals surface area contributed by atoms with E-state index in [0.717, 1.165) is 31.1 Å². The predicted molar refractivity (Wildman–Crippen MR) is 108 cm³/mol. The second kappa shape index (κ2) is 10.7. The molecule has 0 spiro atoms. The second-order valence-electron chi connectivity index (χ2n) is 6.93. The fraction of sp³-hybridized carbons (Fsp3) is 0.765. The fourth-order valence-electron chi connectivity index (χ4n) is 3.82. The van der Waals surface area contributed by atoms with Gasteiger partial charge in [-0.05, 0) is 45.1 Å². The molecule has 0 radical (unpaired) electrons. The number of amides is 1. The van der Waals surface area contributed by atoms with E-state index in [1.807, 2.05) is 10.3 Å². The molecule has 2 atom stereocenters. The largest absolute Gasteiger partial charge is 0.337 e. The van der Waals surface area contributed by atoms with Gasteiger partial charge in [0.15, 0.2) is 0 Å². The number of nitrogens with two attached hydrogens (primary N) is 1. The van der Waals surface area contributed by atoms with E-state index in [-0.39, 0.29) is 30.7 Å². The highest BCUT2D eigenvalue weighted by molar-refractivity contribution is 7.09. The van der Waals surface area contributed by atoms with Gasteiger partial charge in [0.05, 0.1) is 0 Å². The molecule has 2 unspecified atom stereocenters. The van der Waals surface area contributed by atoms with Crippen LogP contribution >= 0.6 is 36.2 Å². The molecule has 3 heterocycles. The summed E-state index contributed by atoms with van der Waals surface area (Å²) in [6.07, 6.45) is 6.33. The molecular weight excluding hydrogens is 379 g/mol. The number of carbonyl (C=O) groups is 1. The molecule has 2 N–H and O–H groups in total. The number of aromatic nitrogens is 1. The minimum Gasteiger partial charge on any atom is -0.337 e. The van der Waals surface area contributed by atoms with Crippen LogP contribution in [0.5, 0.6) is 0 Å². The average molecular weight is 409 g/mol. The Morgan fingerprint density at radius 1 is 1.28 bits per heavy atom. The molecule has 2 aliphatic heterocycles. The fourth-order valence-corrected chi connectivity index (χ4v) is 4.47. The van der Waals surface area contributed by atoms with Crippen molar-refractivity contribution >= 4 is 42.1 Å². The Kier molecular flexibility index (Phi) is 9.67. The average Bonchev–Trinajstić information content (AvgIpc) is 3.06. The molecule has 1 aromatic rings. The topological polar surface area (TPSA) is 62.5 Å².